The minimum Gasteiger partial charge on any atom is -0.280 e. The molecule has 0 fully saturated rings. The molecule has 0 aromatic heterocycles. The van der Waals surface area contributed by atoms with Crippen molar-refractivity contribution in [3.63, 3.8) is 0 Å². The molecule has 2 aromatic carbocycles. The molecule has 0 aliphatic carbocycles. The normalized spacial score (nSPS) is 11.4. The van der Waals surface area contributed by atoms with Gasteiger partial charge < -0.3 is 0 Å². The first-order chi connectivity index (χ1) is 9.92. The number of hydrogen-bond acceptors (Lipinski definition) is 2. The summed E-state index contributed by atoms with van der Waals surface area (Å²) in [7, 11) is -3.57. The molecule has 0 radical (unpaired) electrons. The van der Waals surface area contributed by atoms with Gasteiger partial charge in [-0.25, -0.2) is 8.42 Å². The smallest absolute Gasteiger partial charge is 0.262 e. The Kier molecular flexibility index (Phi) is 5.06. The van der Waals surface area contributed by atoms with E-state index >= 15 is 0 Å². The van der Waals surface area contributed by atoms with Gasteiger partial charge in [-0.15, -0.1) is 0 Å². The molecule has 0 saturated heterocycles. The first kappa shape index (κ1) is 16.0. The summed E-state index contributed by atoms with van der Waals surface area (Å²) in [5.41, 5.74) is 2.50. The fourth-order valence-corrected chi connectivity index (χ4v) is 3.94. The Bertz CT molecular complexity index is 724. The van der Waals surface area contributed by atoms with Crippen LogP contribution in [0.5, 0.6) is 0 Å². The standard InChI is InChI=1S/C16H18BrNO2S/c1-3-4-13-6-9-15(10-7-13)18-21(19,20)16-11-14(17)8-5-12(16)2/h5-11,18H,3-4H2,1-2H3. The summed E-state index contributed by atoms with van der Waals surface area (Å²) >= 11 is 3.31. The van der Waals surface area contributed by atoms with Crippen molar-refractivity contribution in [1.82, 2.24) is 0 Å². The van der Waals surface area contributed by atoms with E-state index in [1.54, 1.807) is 31.2 Å². The fourth-order valence-electron chi connectivity index (χ4n) is 2.10. The van der Waals surface area contributed by atoms with Gasteiger partial charge in [0, 0.05) is 10.2 Å². The maximum atomic E-state index is 12.5. The Morgan fingerprint density at radius 3 is 2.38 bits per heavy atom. The molecule has 0 spiro atoms. The van der Waals surface area contributed by atoms with Gasteiger partial charge in [0.05, 0.1) is 4.90 Å². The molecular weight excluding hydrogens is 350 g/mol. The van der Waals surface area contributed by atoms with Crippen LogP contribution in [0, 0.1) is 6.92 Å². The van der Waals surface area contributed by atoms with Crippen molar-refractivity contribution >= 4 is 31.6 Å². The molecule has 0 unspecified atom stereocenters. The predicted octanol–water partition coefficient (Wildman–Crippen LogP) is 4.51. The van der Waals surface area contributed by atoms with Gasteiger partial charge in [0.15, 0.2) is 0 Å². The van der Waals surface area contributed by atoms with Gasteiger partial charge in [-0.3, -0.25) is 4.72 Å². The first-order valence-electron chi connectivity index (χ1n) is 6.80. The summed E-state index contributed by atoms with van der Waals surface area (Å²) in [6, 6.07) is 12.7. The lowest BCUT2D eigenvalue weighted by Crippen LogP contribution is -2.14. The van der Waals surface area contributed by atoms with E-state index in [-0.39, 0.29) is 4.90 Å². The third-order valence-corrected chi connectivity index (χ3v) is 5.20. The number of hydrogen-bond donors (Lipinski definition) is 1. The molecule has 112 valence electrons. The third kappa shape index (κ3) is 4.08. The van der Waals surface area contributed by atoms with Crippen LogP contribution >= 0.6 is 15.9 Å². The zero-order valence-electron chi connectivity index (χ0n) is 12.1. The number of nitrogens with one attached hydrogen (secondary N) is 1. The van der Waals surface area contributed by atoms with Crippen molar-refractivity contribution in [2.45, 2.75) is 31.6 Å². The Balaban J connectivity index is 2.26. The summed E-state index contributed by atoms with van der Waals surface area (Å²) in [4.78, 5) is 0.287. The Morgan fingerprint density at radius 1 is 1.10 bits per heavy atom. The van der Waals surface area contributed by atoms with Crippen molar-refractivity contribution in [2.24, 2.45) is 0 Å². The summed E-state index contributed by atoms with van der Waals surface area (Å²) in [6.45, 7) is 3.90. The van der Waals surface area contributed by atoms with Crippen LogP contribution in [0.4, 0.5) is 5.69 Å². The number of rotatable bonds is 5. The van der Waals surface area contributed by atoms with Crippen LogP contribution in [0.2, 0.25) is 0 Å². The molecule has 21 heavy (non-hydrogen) atoms. The predicted molar refractivity (Wildman–Crippen MR) is 90.1 cm³/mol. The number of anilines is 1. The van der Waals surface area contributed by atoms with E-state index in [0.29, 0.717) is 11.3 Å². The van der Waals surface area contributed by atoms with E-state index < -0.39 is 10.0 Å². The molecule has 3 nitrogen and oxygen atoms in total. The number of aryl methyl sites for hydroxylation is 2. The molecule has 5 heteroatoms. The largest absolute Gasteiger partial charge is 0.280 e. The van der Waals surface area contributed by atoms with E-state index in [2.05, 4.69) is 27.6 Å². The van der Waals surface area contributed by atoms with Gasteiger partial charge in [-0.2, -0.15) is 0 Å². The molecule has 0 aliphatic heterocycles. The van der Waals surface area contributed by atoms with Crippen molar-refractivity contribution in [1.29, 1.82) is 0 Å². The van der Waals surface area contributed by atoms with Gasteiger partial charge in [-0.05, 0) is 48.7 Å². The summed E-state index contributed by atoms with van der Waals surface area (Å²) < 4.78 is 28.3. The average molecular weight is 368 g/mol. The molecule has 0 atom stereocenters. The zero-order chi connectivity index (χ0) is 15.5. The van der Waals surface area contributed by atoms with Crippen LogP contribution in [-0.2, 0) is 16.4 Å². The molecule has 0 saturated carbocycles. The van der Waals surface area contributed by atoms with E-state index in [0.717, 1.165) is 17.3 Å². The van der Waals surface area contributed by atoms with E-state index in [1.165, 1.54) is 5.56 Å². The topological polar surface area (TPSA) is 46.2 Å². The highest BCUT2D eigenvalue weighted by atomic mass is 79.9. The van der Waals surface area contributed by atoms with Gasteiger partial charge in [0.25, 0.3) is 10.0 Å². The van der Waals surface area contributed by atoms with Gasteiger partial charge in [0.1, 0.15) is 0 Å². The monoisotopic (exact) mass is 367 g/mol. The number of sulfonamides is 1. The highest BCUT2D eigenvalue weighted by Gasteiger charge is 2.17. The molecular formula is C16H18BrNO2S. The molecule has 2 rings (SSSR count). The molecule has 0 bridgehead atoms. The summed E-state index contributed by atoms with van der Waals surface area (Å²) in [5.74, 6) is 0. The maximum absolute atomic E-state index is 12.5. The minimum atomic E-state index is -3.57. The van der Waals surface area contributed by atoms with Crippen LogP contribution in [0.25, 0.3) is 0 Å². The van der Waals surface area contributed by atoms with Crippen LogP contribution in [0.15, 0.2) is 51.8 Å². The number of benzene rings is 2. The maximum Gasteiger partial charge on any atom is 0.262 e. The third-order valence-electron chi connectivity index (χ3n) is 3.18. The second-order valence-corrected chi connectivity index (χ2v) is 7.53. The van der Waals surface area contributed by atoms with Crippen molar-refractivity contribution in [3.8, 4) is 0 Å². The molecule has 0 heterocycles. The molecule has 0 amide bonds. The van der Waals surface area contributed by atoms with Crippen LogP contribution in [0.1, 0.15) is 24.5 Å². The van der Waals surface area contributed by atoms with Crippen molar-refractivity contribution in [2.75, 3.05) is 4.72 Å². The summed E-state index contributed by atoms with van der Waals surface area (Å²) in [5, 5.41) is 0. The van der Waals surface area contributed by atoms with Crippen molar-refractivity contribution < 1.29 is 8.42 Å². The SMILES string of the molecule is CCCc1ccc(NS(=O)(=O)c2cc(Br)ccc2C)cc1. The highest BCUT2D eigenvalue weighted by Crippen LogP contribution is 2.23. The van der Waals surface area contributed by atoms with Gasteiger partial charge in [-0.1, -0.05) is 47.5 Å². The summed E-state index contributed by atoms with van der Waals surface area (Å²) in [6.07, 6.45) is 2.07. The quantitative estimate of drug-likeness (QED) is 0.844. The molecule has 0 aliphatic rings. The van der Waals surface area contributed by atoms with Crippen molar-refractivity contribution in [3.05, 3.63) is 58.1 Å². The zero-order valence-corrected chi connectivity index (χ0v) is 14.5. The van der Waals surface area contributed by atoms with Crippen LogP contribution < -0.4 is 4.72 Å². The van der Waals surface area contributed by atoms with Crippen LogP contribution in [-0.4, -0.2) is 8.42 Å². The highest BCUT2D eigenvalue weighted by molar-refractivity contribution is 9.10. The lowest BCUT2D eigenvalue weighted by molar-refractivity contribution is 0.600. The minimum absolute atomic E-state index is 0.287. The average Bonchev–Trinajstić information content (AvgIpc) is 2.43. The van der Waals surface area contributed by atoms with Crippen LogP contribution in [0.3, 0.4) is 0 Å². The molecule has 2 aromatic rings. The first-order valence-corrected chi connectivity index (χ1v) is 9.08. The Labute approximate surface area is 134 Å². The lowest BCUT2D eigenvalue weighted by Gasteiger charge is -2.11. The Morgan fingerprint density at radius 2 is 1.76 bits per heavy atom. The second kappa shape index (κ2) is 6.62. The van der Waals surface area contributed by atoms with Gasteiger partial charge >= 0.3 is 0 Å². The second-order valence-electron chi connectivity index (χ2n) is 4.96. The Hall–Kier alpha value is -1.33. The van der Waals surface area contributed by atoms with Gasteiger partial charge in [0.2, 0.25) is 0 Å². The lowest BCUT2D eigenvalue weighted by atomic mass is 10.1. The van der Waals surface area contributed by atoms with E-state index in [9.17, 15) is 8.42 Å². The van der Waals surface area contributed by atoms with E-state index in [4.69, 9.17) is 0 Å². The fraction of sp³-hybridized carbons (Fsp3) is 0.250. The van der Waals surface area contributed by atoms with E-state index in [1.807, 2.05) is 18.2 Å². The molecule has 1 N–H and O–H groups in total. The number of halogens is 1.